The quantitative estimate of drug-likeness (QED) is 0.611. The van der Waals surface area contributed by atoms with Gasteiger partial charge in [-0.25, -0.2) is 9.37 Å². The minimum absolute atomic E-state index is 0.00726. The fraction of sp³-hybridized carbons (Fsp3) is 0.577. The zero-order chi connectivity index (χ0) is 24.2. The summed E-state index contributed by atoms with van der Waals surface area (Å²) in [5, 5.41) is 0.731. The Balaban J connectivity index is 1.32. The van der Waals surface area contributed by atoms with E-state index in [9.17, 15) is 14.0 Å². The van der Waals surface area contributed by atoms with E-state index in [1.165, 1.54) is 23.5 Å². The normalized spacial score (nSPS) is 18.8. The van der Waals surface area contributed by atoms with Crippen molar-refractivity contribution < 1.29 is 14.0 Å². The average molecular weight is 487 g/mol. The van der Waals surface area contributed by atoms with Crippen LogP contribution in [-0.2, 0) is 4.79 Å². The van der Waals surface area contributed by atoms with E-state index in [1.54, 1.807) is 12.1 Å². The number of benzene rings is 1. The van der Waals surface area contributed by atoms with Gasteiger partial charge in [0.15, 0.2) is 0 Å². The summed E-state index contributed by atoms with van der Waals surface area (Å²) in [5.74, 6) is 0.284. The molecule has 0 spiro atoms. The van der Waals surface area contributed by atoms with Gasteiger partial charge in [-0.05, 0) is 62.9 Å². The highest BCUT2D eigenvalue weighted by atomic mass is 32.1. The van der Waals surface area contributed by atoms with E-state index < -0.39 is 0 Å². The monoisotopic (exact) mass is 486 g/mol. The van der Waals surface area contributed by atoms with E-state index in [0.29, 0.717) is 29.6 Å². The van der Waals surface area contributed by atoms with Gasteiger partial charge in [0.2, 0.25) is 5.91 Å². The van der Waals surface area contributed by atoms with E-state index in [1.807, 2.05) is 16.7 Å². The van der Waals surface area contributed by atoms with Crippen molar-refractivity contribution in [3.05, 3.63) is 40.7 Å². The number of carbonyl (C=O) groups excluding carboxylic acids is 2. The Kier molecular flexibility index (Phi) is 7.99. The predicted molar refractivity (Wildman–Crippen MR) is 133 cm³/mol. The number of thiazole rings is 1. The van der Waals surface area contributed by atoms with Crippen molar-refractivity contribution in [2.24, 2.45) is 11.8 Å². The second kappa shape index (κ2) is 11.0. The summed E-state index contributed by atoms with van der Waals surface area (Å²) in [6, 6.07) is 6.20. The summed E-state index contributed by atoms with van der Waals surface area (Å²) in [5.41, 5.74) is 1.53. The van der Waals surface area contributed by atoms with Crippen molar-refractivity contribution in [3.63, 3.8) is 0 Å². The third-order valence-corrected chi connectivity index (χ3v) is 8.42. The topological polar surface area (TPSA) is 56.8 Å². The molecule has 0 aliphatic carbocycles. The molecular weight excluding hydrogens is 451 g/mol. The van der Waals surface area contributed by atoms with E-state index in [4.69, 9.17) is 0 Å². The van der Waals surface area contributed by atoms with Crippen LogP contribution < -0.4 is 0 Å². The first-order valence-corrected chi connectivity index (χ1v) is 13.2. The molecule has 0 saturated carbocycles. The maximum Gasteiger partial charge on any atom is 0.265 e. The second-order valence-electron chi connectivity index (χ2n) is 9.53. The van der Waals surface area contributed by atoms with Crippen LogP contribution in [0.3, 0.4) is 0 Å². The summed E-state index contributed by atoms with van der Waals surface area (Å²) in [6.45, 7) is 12.1. The zero-order valence-electron chi connectivity index (χ0n) is 20.4. The smallest absolute Gasteiger partial charge is 0.265 e. The first-order valence-electron chi connectivity index (χ1n) is 12.4. The van der Waals surface area contributed by atoms with Crippen LogP contribution in [0.5, 0.6) is 0 Å². The highest BCUT2D eigenvalue weighted by Gasteiger charge is 2.34. The van der Waals surface area contributed by atoms with E-state index in [2.05, 4.69) is 23.7 Å². The third-order valence-electron chi connectivity index (χ3n) is 7.23. The number of amides is 2. The molecule has 2 aliphatic heterocycles. The lowest BCUT2D eigenvalue weighted by molar-refractivity contribution is -0.139. The number of aryl methyl sites for hydroxylation is 1. The molecule has 8 heteroatoms. The standard InChI is InChI=1S/C26H35FN4O2S/c1-4-11-29-14-16-31(17-15-29)25(32)18(2)20-9-12-30(13-10-20)26(33)23-19(3)28-24(34-23)21-5-7-22(27)8-6-21/h5-8,18,20H,4,9-17H2,1-3H3. The minimum Gasteiger partial charge on any atom is -0.340 e. The summed E-state index contributed by atoms with van der Waals surface area (Å²) >= 11 is 1.37. The largest absolute Gasteiger partial charge is 0.340 e. The first kappa shape index (κ1) is 24.8. The zero-order valence-corrected chi connectivity index (χ0v) is 21.2. The fourth-order valence-corrected chi connectivity index (χ4v) is 6.09. The number of rotatable bonds is 6. The first-order chi connectivity index (χ1) is 16.4. The van der Waals surface area contributed by atoms with Gasteiger partial charge in [0.05, 0.1) is 5.69 Å². The van der Waals surface area contributed by atoms with Gasteiger partial charge in [-0.3, -0.25) is 14.5 Å². The van der Waals surface area contributed by atoms with Gasteiger partial charge in [0, 0.05) is 50.7 Å². The van der Waals surface area contributed by atoms with Gasteiger partial charge in [0.25, 0.3) is 5.91 Å². The SMILES string of the molecule is CCCN1CCN(C(=O)C(C)C2CCN(C(=O)c3sc(-c4ccc(F)cc4)nc3C)CC2)CC1. The van der Waals surface area contributed by atoms with Crippen LogP contribution in [0.2, 0.25) is 0 Å². The molecule has 1 aromatic heterocycles. The van der Waals surface area contributed by atoms with Gasteiger partial charge >= 0.3 is 0 Å². The molecule has 2 fully saturated rings. The van der Waals surface area contributed by atoms with Crippen molar-refractivity contribution >= 4 is 23.2 Å². The highest BCUT2D eigenvalue weighted by molar-refractivity contribution is 7.17. The molecule has 0 N–H and O–H groups in total. The molecule has 1 aromatic carbocycles. The van der Waals surface area contributed by atoms with Crippen LogP contribution in [0.25, 0.3) is 10.6 Å². The summed E-state index contributed by atoms with van der Waals surface area (Å²) < 4.78 is 13.2. The number of likely N-dealkylation sites (tertiary alicyclic amines) is 1. The van der Waals surface area contributed by atoms with Crippen LogP contribution in [0.1, 0.15) is 48.5 Å². The van der Waals surface area contributed by atoms with Crippen LogP contribution in [-0.4, -0.2) is 77.3 Å². The Labute approximate surface area is 205 Å². The number of hydrogen-bond donors (Lipinski definition) is 0. The average Bonchev–Trinajstić information content (AvgIpc) is 3.25. The Hall–Kier alpha value is -2.32. The number of aromatic nitrogens is 1. The summed E-state index contributed by atoms with van der Waals surface area (Å²) in [6.07, 6.45) is 2.84. The predicted octanol–water partition coefficient (Wildman–Crippen LogP) is 4.30. The molecule has 1 atom stereocenters. The molecule has 3 heterocycles. The summed E-state index contributed by atoms with van der Waals surface area (Å²) in [7, 11) is 0. The van der Waals surface area contributed by atoms with Crippen LogP contribution >= 0.6 is 11.3 Å². The number of piperazine rings is 1. The van der Waals surface area contributed by atoms with Crippen molar-refractivity contribution in [1.29, 1.82) is 0 Å². The van der Waals surface area contributed by atoms with Crippen LogP contribution in [0.15, 0.2) is 24.3 Å². The molecule has 1 unspecified atom stereocenters. The third kappa shape index (κ3) is 5.49. The molecule has 4 rings (SSSR count). The van der Waals surface area contributed by atoms with Gasteiger partial charge in [-0.1, -0.05) is 13.8 Å². The highest BCUT2D eigenvalue weighted by Crippen LogP contribution is 2.32. The number of nitrogens with zero attached hydrogens (tertiary/aromatic N) is 4. The van der Waals surface area contributed by atoms with Crippen LogP contribution in [0.4, 0.5) is 4.39 Å². The van der Waals surface area contributed by atoms with Crippen LogP contribution in [0, 0.1) is 24.6 Å². The minimum atomic E-state index is -0.289. The maximum absolute atomic E-state index is 13.2. The van der Waals surface area contributed by atoms with Gasteiger partial charge < -0.3 is 9.80 Å². The Morgan fingerprint density at radius 1 is 1.06 bits per heavy atom. The maximum atomic E-state index is 13.2. The number of piperidine rings is 1. The van der Waals surface area contributed by atoms with E-state index in [-0.39, 0.29) is 23.5 Å². The molecule has 2 amide bonds. The number of hydrogen-bond acceptors (Lipinski definition) is 5. The lowest BCUT2D eigenvalue weighted by Gasteiger charge is -2.39. The van der Waals surface area contributed by atoms with Crippen molar-refractivity contribution in [2.45, 2.75) is 40.0 Å². The fourth-order valence-electron chi connectivity index (χ4n) is 5.05. The van der Waals surface area contributed by atoms with E-state index in [0.717, 1.165) is 62.6 Å². The lowest BCUT2D eigenvalue weighted by Crippen LogP contribution is -2.51. The van der Waals surface area contributed by atoms with E-state index >= 15 is 0 Å². The van der Waals surface area contributed by atoms with Gasteiger partial charge in [-0.15, -0.1) is 11.3 Å². The molecule has 2 aromatic rings. The second-order valence-corrected chi connectivity index (χ2v) is 10.5. The number of halogens is 1. The Morgan fingerprint density at radius 2 is 1.71 bits per heavy atom. The Bertz CT molecular complexity index is 993. The molecule has 184 valence electrons. The molecule has 0 radical (unpaired) electrons. The molecular formula is C26H35FN4O2S. The molecule has 0 bridgehead atoms. The lowest BCUT2D eigenvalue weighted by atomic mass is 9.84. The molecule has 2 aliphatic rings. The van der Waals surface area contributed by atoms with Crippen molar-refractivity contribution in [3.8, 4) is 10.6 Å². The van der Waals surface area contributed by atoms with Crippen molar-refractivity contribution in [1.82, 2.24) is 19.7 Å². The van der Waals surface area contributed by atoms with Crippen molar-refractivity contribution in [2.75, 3.05) is 45.8 Å². The molecule has 2 saturated heterocycles. The van der Waals surface area contributed by atoms with Gasteiger partial charge in [-0.2, -0.15) is 0 Å². The summed E-state index contributed by atoms with van der Waals surface area (Å²) in [4.78, 5) is 37.9. The molecule has 34 heavy (non-hydrogen) atoms. The Morgan fingerprint density at radius 3 is 2.32 bits per heavy atom. The molecule has 6 nitrogen and oxygen atoms in total. The van der Waals surface area contributed by atoms with Gasteiger partial charge in [0.1, 0.15) is 15.7 Å². The number of carbonyl (C=O) groups is 2.